The molecule has 3 aromatic carbocycles. The van der Waals surface area contributed by atoms with Gasteiger partial charge in [0.25, 0.3) is 0 Å². The molecule has 0 fully saturated rings. The van der Waals surface area contributed by atoms with E-state index in [1.165, 1.54) is 6.26 Å². The molecular weight excluding hydrogens is 508 g/mol. The second-order valence-corrected chi connectivity index (χ2v) is 9.49. The summed E-state index contributed by atoms with van der Waals surface area (Å²) < 4.78 is 10.4. The lowest BCUT2D eigenvalue weighted by atomic mass is 9.94. The number of carbonyl (C=O) groups excluding carboxylic acids is 1. The van der Waals surface area contributed by atoms with E-state index in [1.54, 1.807) is 24.3 Å². The molecule has 194 valence electrons. The number of rotatable bonds is 8. The normalized spacial score (nSPS) is 18.5. The fraction of sp³-hybridized carbons (Fsp3) is 0.207. The molecule has 4 aromatic rings. The first-order chi connectivity index (χ1) is 18.4. The van der Waals surface area contributed by atoms with Gasteiger partial charge >= 0.3 is 12.1 Å². The monoisotopic (exact) mass is 533 g/mol. The second kappa shape index (κ2) is 11.2. The highest BCUT2D eigenvalue weighted by Gasteiger charge is 2.56. The largest absolute Gasteiger partial charge is 0.551 e. The number of quaternary nitrogens is 1. The van der Waals surface area contributed by atoms with Crippen molar-refractivity contribution in [2.75, 3.05) is 6.61 Å². The molecule has 2 unspecified atom stereocenters. The molecule has 8 nitrogen and oxygen atoms in total. The number of fused-ring (bicyclic) bond motifs is 1. The summed E-state index contributed by atoms with van der Waals surface area (Å²) in [6.45, 7) is 0.0144. The van der Waals surface area contributed by atoms with Crippen molar-refractivity contribution < 1.29 is 33.3 Å². The number of carboxylic acid groups (broad SMARTS) is 1. The number of carbonyl (C=O) groups is 2. The van der Waals surface area contributed by atoms with Gasteiger partial charge in [0.05, 0.1) is 5.69 Å². The van der Waals surface area contributed by atoms with Crippen LogP contribution in [0.15, 0.2) is 89.5 Å². The molecule has 1 aromatic heterocycles. The maximum Gasteiger partial charge on any atom is 0.551 e. The van der Waals surface area contributed by atoms with E-state index in [0.29, 0.717) is 23.0 Å². The van der Waals surface area contributed by atoms with Crippen LogP contribution >= 0.6 is 11.6 Å². The van der Waals surface area contributed by atoms with E-state index < -0.39 is 22.8 Å². The van der Waals surface area contributed by atoms with Gasteiger partial charge in [0, 0.05) is 29.0 Å². The number of oxazole rings is 1. The maximum absolute atomic E-state index is 13.6. The zero-order chi connectivity index (χ0) is 26.5. The predicted octanol–water partition coefficient (Wildman–Crippen LogP) is 5.83. The molecule has 1 amide bonds. The fourth-order valence-electron chi connectivity index (χ4n) is 4.56. The number of benzene rings is 3. The van der Waals surface area contributed by atoms with Crippen molar-refractivity contribution in [2.24, 2.45) is 0 Å². The Kier molecular flexibility index (Phi) is 7.55. The van der Waals surface area contributed by atoms with Crippen LogP contribution in [0.4, 0.5) is 4.79 Å². The summed E-state index contributed by atoms with van der Waals surface area (Å²) in [6, 6.07) is 22.7. The Labute approximate surface area is 224 Å². The van der Waals surface area contributed by atoms with E-state index in [0.717, 1.165) is 22.3 Å². The van der Waals surface area contributed by atoms with Crippen LogP contribution in [-0.2, 0) is 40.4 Å². The highest BCUT2D eigenvalue weighted by atomic mass is 35.5. The summed E-state index contributed by atoms with van der Waals surface area (Å²) >= 11 is 5.96. The summed E-state index contributed by atoms with van der Waals surface area (Å²) in [7, 11) is 0. The number of halogens is 1. The van der Waals surface area contributed by atoms with E-state index in [1.807, 2.05) is 54.6 Å². The standard InChI is InChI=1S/C29H25ClN2O6/c30-24-12-10-20(11-13-24)18-37-29(35)32(17-23-9-5-4-8-22(23)16-26(32)28(33)34)38-15-14-25-19-36-27(31-25)21-6-2-1-3-7-21/h1-13,19,26H,14-18H2/p+1. The average Bonchev–Trinajstić information content (AvgIpc) is 3.41. The van der Waals surface area contributed by atoms with Gasteiger partial charge in [0.15, 0.2) is 0 Å². The maximum atomic E-state index is 13.6. The summed E-state index contributed by atoms with van der Waals surface area (Å²) in [5.41, 5.74) is 3.89. The molecule has 0 saturated carbocycles. The van der Waals surface area contributed by atoms with Gasteiger partial charge in [0.1, 0.15) is 26.0 Å². The lowest BCUT2D eigenvalue weighted by molar-refractivity contribution is -1.07. The topological polar surface area (TPSA) is 98.9 Å². The second-order valence-electron chi connectivity index (χ2n) is 9.05. The Balaban J connectivity index is 1.37. The number of aliphatic carboxylic acids is 1. The highest BCUT2D eigenvalue weighted by molar-refractivity contribution is 6.30. The van der Waals surface area contributed by atoms with Gasteiger partial charge in [-0.25, -0.2) is 9.78 Å². The number of aromatic nitrogens is 1. The molecule has 0 spiro atoms. The summed E-state index contributed by atoms with van der Waals surface area (Å²) in [5.74, 6) is -0.669. The van der Waals surface area contributed by atoms with Crippen LogP contribution in [0, 0.1) is 0 Å². The number of nitrogens with zero attached hydrogens (tertiary/aromatic N) is 2. The van der Waals surface area contributed by atoms with Gasteiger partial charge in [-0.3, -0.25) is 0 Å². The molecule has 1 aliphatic rings. The van der Waals surface area contributed by atoms with Crippen molar-refractivity contribution in [3.63, 3.8) is 0 Å². The Morgan fingerprint density at radius 2 is 1.71 bits per heavy atom. The molecular formula is C29H26ClN2O6+. The van der Waals surface area contributed by atoms with Crippen molar-refractivity contribution in [1.82, 2.24) is 4.98 Å². The Hall–Kier alpha value is -3.98. The summed E-state index contributed by atoms with van der Waals surface area (Å²) in [4.78, 5) is 36.7. The van der Waals surface area contributed by atoms with Gasteiger partial charge in [-0.15, -0.1) is 0 Å². The van der Waals surface area contributed by atoms with Crippen LogP contribution in [-0.4, -0.2) is 39.4 Å². The van der Waals surface area contributed by atoms with E-state index in [9.17, 15) is 14.7 Å². The minimum absolute atomic E-state index is 0.0284. The zero-order valence-electron chi connectivity index (χ0n) is 20.5. The van der Waals surface area contributed by atoms with Crippen LogP contribution in [0.3, 0.4) is 0 Å². The number of ether oxygens (including phenoxy) is 1. The van der Waals surface area contributed by atoms with E-state index in [-0.39, 0.29) is 26.2 Å². The quantitative estimate of drug-likeness (QED) is 0.284. The van der Waals surface area contributed by atoms with Crippen LogP contribution in [0.1, 0.15) is 22.4 Å². The van der Waals surface area contributed by atoms with Crippen LogP contribution in [0.2, 0.25) is 5.02 Å². The average molecular weight is 534 g/mol. The first-order valence-electron chi connectivity index (χ1n) is 12.2. The van der Waals surface area contributed by atoms with Crippen molar-refractivity contribution in [3.05, 3.63) is 113 Å². The molecule has 0 aliphatic carbocycles. The molecule has 0 bridgehead atoms. The van der Waals surface area contributed by atoms with Gasteiger partial charge < -0.3 is 14.3 Å². The Bertz CT molecular complexity index is 1420. The third kappa shape index (κ3) is 5.47. The van der Waals surface area contributed by atoms with Crippen molar-refractivity contribution in [3.8, 4) is 11.5 Å². The number of hydrogen-bond donors (Lipinski definition) is 1. The molecule has 5 rings (SSSR count). The van der Waals surface area contributed by atoms with E-state index in [2.05, 4.69) is 4.98 Å². The summed E-state index contributed by atoms with van der Waals surface area (Å²) in [6.07, 6.45) is 1.21. The fourth-order valence-corrected chi connectivity index (χ4v) is 4.68. The number of amides is 1. The Morgan fingerprint density at radius 3 is 2.45 bits per heavy atom. The van der Waals surface area contributed by atoms with Crippen LogP contribution in [0.25, 0.3) is 11.5 Å². The van der Waals surface area contributed by atoms with Crippen LogP contribution in [0.5, 0.6) is 0 Å². The first kappa shape index (κ1) is 25.7. The lowest BCUT2D eigenvalue weighted by Gasteiger charge is -2.39. The molecule has 9 heteroatoms. The van der Waals surface area contributed by atoms with Crippen LogP contribution < -0.4 is 0 Å². The summed E-state index contributed by atoms with van der Waals surface area (Å²) in [5, 5.41) is 10.7. The van der Waals surface area contributed by atoms with Gasteiger partial charge in [0.2, 0.25) is 11.9 Å². The molecule has 2 atom stereocenters. The number of hydroxylamine groups is 3. The number of carboxylic acids is 1. The zero-order valence-corrected chi connectivity index (χ0v) is 21.2. The first-order valence-corrected chi connectivity index (χ1v) is 12.6. The SMILES string of the molecule is O=C(O)C1Cc2ccccc2C[N+]1(OCCc1coc(-c2ccccc2)n1)C(=O)OCc1ccc(Cl)cc1. The smallest absolute Gasteiger partial charge is 0.477 e. The van der Waals surface area contributed by atoms with Gasteiger partial charge in [-0.1, -0.05) is 70.8 Å². The number of hydrogen-bond acceptors (Lipinski definition) is 6. The Morgan fingerprint density at radius 1 is 1.00 bits per heavy atom. The lowest BCUT2D eigenvalue weighted by Crippen LogP contribution is -2.64. The molecule has 1 N–H and O–H groups in total. The third-order valence-corrected chi connectivity index (χ3v) is 6.81. The van der Waals surface area contributed by atoms with E-state index in [4.69, 9.17) is 25.6 Å². The molecule has 1 aliphatic heterocycles. The molecule has 2 heterocycles. The molecule has 38 heavy (non-hydrogen) atoms. The highest BCUT2D eigenvalue weighted by Crippen LogP contribution is 2.33. The molecule has 0 saturated heterocycles. The minimum Gasteiger partial charge on any atom is -0.477 e. The van der Waals surface area contributed by atoms with E-state index >= 15 is 0 Å². The minimum atomic E-state index is -1.18. The van der Waals surface area contributed by atoms with Gasteiger partial charge in [-0.05, 0) is 35.4 Å². The predicted molar refractivity (Wildman–Crippen MR) is 139 cm³/mol. The van der Waals surface area contributed by atoms with Gasteiger partial charge in [-0.2, -0.15) is 9.63 Å². The molecule has 0 radical (unpaired) electrons. The van der Waals surface area contributed by atoms with Crippen molar-refractivity contribution in [2.45, 2.75) is 32.0 Å². The third-order valence-electron chi connectivity index (χ3n) is 6.56. The van der Waals surface area contributed by atoms with Crippen molar-refractivity contribution in [1.29, 1.82) is 0 Å². The van der Waals surface area contributed by atoms with Crippen molar-refractivity contribution >= 4 is 23.7 Å².